The quantitative estimate of drug-likeness (QED) is 0.827. The Balaban J connectivity index is 2.15. The van der Waals surface area contributed by atoms with E-state index < -0.39 is 0 Å². The molecule has 0 aromatic heterocycles. The van der Waals surface area contributed by atoms with Crippen molar-refractivity contribution in [3.05, 3.63) is 42.0 Å². The third-order valence-electron chi connectivity index (χ3n) is 3.88. The van der Waals surface area contributed by atoms with Crippen molar-refractivity contribution in [2.24, 2.45) is 11.7 Å². The first-order valence-electron chi connectivity index (χ1n) is 7.06. The number of phenolic OH excluding ortho intramolecular Hbond substituents is 1. The van der Waals surface area contributed by atoms with Crippen molar-refractivity contribution in [2.45, 2.75) is 32.4 Å². The maximum Gasteiger partial charge on any atom is 0.230 e. The highest BCUT2D eigenvalue weighted by atomic mass is 16.3. The molecule has 3 N–H and O–H groups in total. The van der Waals surface area contributed by atoms with Crippen molar-refractivity contribution in [2.75, 3.05) is 6.54 Å². The van der Waals surface area contributed by atoms with Gasteiger partial charge in [-0.15, -0.1) is 0 Å². The van der Waals surface area contributed by atoms with Gasteiger partial charge in [-0.05, 0) is 38.0 Å². The number of phenols is 1. The number of nitrogens with zero attached hydrogens (tertiary/aromatic N) is 1. The molecule has 3 unspecified atom stereocenters. The third kappa shape index (κ3) is 3.02. The van der Waals surface area contributed by atoms with Crippen LogP contribution >= 0.6 is 0 Å². The maximum absolute atomic E-state index is 12.6. The van der Waals surface area contributed by atoms with E-state index in [1.165, 1.54) is 0 Å². The molecule has 0 heterocycles. The molecule has 4 nitrogen and oxygen atoms in total. The van der Waals surface area contributed by atoms with Crippen LogP contribution in [-0.4, -0.2) is 28.5 Å². The Hall–Kier alpha value is -1.81. The predicted molar refractivity (Wildman–Crippen MR) is 79.1 cm³/mol. The van der Waals surface area contributed by atoms with Crippen LogP contribution in [-0.2, 0) is 4.79 Å². The molecule has 2 rings (SSSR count). The van der Waals surface area contributed by atoms with Gasteiger partial charge in [0.25, 0.3) is 0 Å². The molecule has 1 aromatic carbocycles. The van der Waals surface area contributed by atoms with Gasteiger partial charge in [0, 0.05) is 12.6 Å². The number of hydrogen-bond donors (Lipinski definition) is 2. The SMILES string of the molecule is CCN(C(=O)C1C=CC(N)C1)C(C)c1cccc(O)c1. The third-order valence-corrected chi connectivity index (χ3v) is 3.88. The van der Waals surface area contributed by atoms with Crippen molar-refractivity contribution < 1.29 is 9.90 Å². The fourth-order valence-electron chi connectivity index (χ4n) is 2.71. The highest BCUT2D eigenvalue weighted by Crippen LogP contribution is 2.27. The lowest BCUT2D eigenvalue weighted by atomic mass is 10.0. The number of rotatable bonds is 4. The van der Waals surface area contributed by atoms with Crippen LogP contribution in [0, 0.1) is 5.92 Å². The molecule has 1 aliphatic rings. The largest absolute Gasteiger partial charge is 0.508 e. The second kappa shape index (κ2) is 6.09. The molecule has 0 radical (unpaired) electrons. The normalized spacial score (nSPS) is 22.8. The molecule has 108 valence electrons. The molecular formula is C16H22N2O2. The molecule has 0 bridgehead atoms. The average Bonchev–Trinajstić information content (AvgIpc) is 2.86. The van der Waals surface area contributed by atoms with E-state index in [0.717, 1.165) is 5.56 Å². The monoisotopic (exact) mass is 274 g/mol. The summed E-state index contributed by atoms with van der Waals surface area (Å²) in [4.78, 5) is 14.4. The molecule has 3 atom stereocenters. The molecule has 0 spiro atoms. The lowest BCUT2D eigenvalue weighted by molar-refractivity contribution is -0.136. The van der Waals surface area contributed by atoms with E-state index in [1.807, 2.05) is 37.0 Å². The van der Waals surface area contributed by atoms with Gasteiger partial charge >= 0.3 is 0 Å². The maximum atomic E-state index is 12.6. The number of nitrogens with two attached hydrogens (primary N) is 1. The zero-order valence-corrected chi connectivity index (χ0v) is 12.0. The van der Waals surface area contributed by atoms with Gasteiger partial charge in [-0.2, -0.15) is 0 Å². The Labute approximate surface area is 119 Å². The lowest BCUT2D eigenvalue weighted by Crippen LogP contribution is -2.37. The molecule has 0 aliphatic heterocycles. The fraction of sp³-hybridized carbons (Fsp3) is 0.438. The summed E-state index contributed by atoms with van der Waals surface area (Å²) in [6, 6.07) is 6.98. The Bertz CT molecular complexity index is 513. The molecule has 4 heteroatoms. The van der Waals surface area contributed by atoms with Gasteiger partial charge in [-0.25, -0.2) is 0 Å². The number of hydrogen-bond acceptors (Lipinski definition) is 3. The van der Waals surface area contributed by atoms with Crippen LogP contribution < -0.4 is 5.73 Å². The minimum atomic E-state index is -0.121. The minimum Gasteiger partial charge on any atom is -0.508 e. The first kappa shape index (κ1) is 14.6. The number of amides is 1. The smallest absolute Gasteiger partial charge is 0.230 e. The van der Waals surface area contributed by atoms with Crippen LogP contribution in [0.2, 0.25) is 0 Å². The van der Waals surface area contributed by atoms with Crippen LogP contribution in [0.5, 0.6) is 5.75 Å². The van der Waals surface area contributed by atoms with Gasteiger partial charge in [0.05, 0.1) is 12.0 Å². The molecule has 0 fully saturated rings. The van der Waals surface area contributed by atoms with Gasteiger partial charge < -0.3 is 15.7 Å². The Morgan fingerprint density at radius 3 is 2.80 bits per heavy atom. The zero-order chi connectivity index (χ0) is 14.7. The standard InChI is InChI=1S/C16H22N2O2/c1-3-18(16(20)13-7-8-14(17)9-13)11(2)12-5-4-6-15(19)10-12/h4-8,10-11,13-14,19H,3,9,17H2,1-2H3. The molecule has 0 saturated heterocycles. The Kier molecular flexibility index (Phi) is 4.45. The molecule has 0 saturated carbocycles. The topological polar surface area (TPSA) is 66.6 Å². The second-order valence-electron chi connectivity index (χ2n) is 5.29. The van der Waals surface area contributed by atoms with E-state index in [4.69, 9.17) is 5.73 Å². The van der Waals surface area contributed by atoms with Gasteiger partial charge in [-0.1, -0.05) is 24.3 Å². The lowest BCUT2D eigenvalue weighted by Gasteiger charge is -2.30. The van der Waals surface area contributed by atoms with Crippen molar-refractivity contribution in [3.63, 3.8) is 0 Å². The van der Waals surface area contributed by atoms with E-state index in [9.17, 15) is 9.90 Å². The van der Waals surface area contributed by atoms with Crippen molar-refractivity contribution in [3.8, 4) is 5.75 Å². The molecule has 1 aromatic rings. The summed E-state index contributed by atoms with van der Waals surface area (Å²) in [6.45, 7) is 4.58. The van der Waals surface area contributed by atoms with E-state index in [2.05, 4.69) is 0 Å². The van der Waals surface area contributed by atoms with Gasteiger partial charge in [0.2, 0.25) is 5.91 Å². The molecule has 1 aliphatic carbocycles. The van der Waals surface area contributed by atoms with Gasteiger partial charge in [0.1, 0.15) is 5.75 Å². The molecule has 1 amide bonds. The summed E-state index contributed by atoms with van der Waals surface area (Å²) in [5.74, 6) is 0.206. The summed E-state index contributed by atoms with van der Waals surface area (Å²) in [7, 11) is 0. The van der Waals surface area contributed by atoms with Crippen LogP contribution in [0.15, 0.2) is 36.4 Å². The summed E-state index contributed by atoms with van der Waals surface area (Å²) in [6.07, 6.45) is 4.49. The van der Waals surface area contributed by atoms with Crippen molar-refractivity contribution in [1.82, 2.24) is 4.90 Å². The van der Waals surface area contributed by atoms with Gasteiger partial charge in [-0.3, -0.25) is 4.79 Å². The van der Waals surface area contributed by atoms with Crippen molar-refractivity contribution >= 4 is 5.91 Å². The Morgan fingerprint density at radius 1 is 1.50 bits per heavy atom. The van der Waals surface area contributed by atoms with E-state index in [-0.39, 0.29) is 29.7 Å². The fourth-order valence-corrected chi connectivity index (χ4v) is 2.71. The number of carbonyl (C=O) groups excluding carboxylic acids is 1. The minimum absolute atomic E-state index is 0.0151. The number of benzene rings is 1. The predicted octanol–water partition coefficient (Wildman–Crippen LogP) is 2.21. The van der Waals surface area contributed by atoms with Crippen LogP contribution in [0.3, 0.4) is 0 Å². The van der Waals surface area contributed by atoms with Crippen molar-refractivity contribution in [1.29, 1.82) is 0 Å². The summed E-state index contributed by atoms with van der Waals surface area (Å²) in [5, 5.41) is 9.57. The molecular weight excluding hydrogens is 252 g/mol. The van der Waals surface area contributed by atoms with E-state index in [0.29, 0.717) is 13.0 Å². The van der Waals surface area contributed by atoms with Crippen LogP contribution in [0.4, 0.5) is 0 Å². The zero-order valence-electron chi connectivity index (χ0n) is 12.0. The number of aromatic hydroxyl groups is 1. The second-order valence-corrected chi connectivity index (χ2v) is 5.29. The van der Waals surface area contributed by atoms with Gasteiger partial charge in [0.15, 0.2) is 0 Å². The first-order chi connectivity index (χ1) is 9.52. The van der Waals surface area contributed by atoms with E-state index in [1.54, 1.807) is 18.2 Å². The average molecular weight is 274 g/mol. The highest BCUT2D eigenvalue weighted by Gasteiger charge is 2.29. The highest BCUT2D eigenvalue weighted by molar-refractivity contribution is 5.81. The molecule has 20 heavy (non-hydrogen) atoms. The van der Waals surface area contributed by atoms with Crippen LogP contribution in [0.25, 0.3) is 0 Å². The van der Waals surface area contributed by atoms with Crippen LogP contribution in [0.1, 0.15) is 31.9 Å². The summed E-state index contributed by atoms with van der Waals surface area (Å²) < 4.78 is 0. The Morgan fingerprint density at radius 2 is 2.25 bits per heavy atom. The first-order valence-corrected chi connectivity index (χ1v) is 7.06. The number of carbonyl (C=O) groups is 1. The summed E-state index contributed by atoms with van der Waals surface area (Å²) >= 11 is 0. The van der Waals surface area contributed by atoms with E-state index >= 15 is 0 Å². The summed E-state index contributed by atoms with van der Waals surface area (Å²) in [5.41, 5.74) is 6.76.